The normalized spacial score (nSPS) is 15.8. The number of hydrogen-bond donors (Lipinski definition) is 0. The van der Waals surface area contributed by atoms with Crippen molar-refractivity contribution in [1.29, 1.82) is 0 Å². The minimum Gasteiger partial charge on any atom is -0.496 e. The molecule has 0 N–H and O–H groups in total. The molecule has 3 heteroatoms. The molecule has 0 aliphatic carbocycles. The average molecular weight is 297 g/mol. The molecule has 0 saturated carbocycles. The van der Waals surface area contributed by atoms with Gasteiger partial charge >= 0.3 is 0 Å². The van der Waals surface area contributed by atoms with Crippen LogP contribution in [0.5, 0.6) is 11.5 Å². The van der Waals surface area contributed by atoms with E-state index in [0.29, 0.717) is 0 Å². The van der Waals surface area contributed by atoms with Crippen LogP contribution in [0.15, 0.2) is 28.3 Å². The lowest BCUT2D eigenvalue weighted by Crippen LogP contribution is -2.01. The number of ether oxygens (including phenoxy) is 2. The highest BCUT2D eigenvalue weighted by Crippen LogP contribution is 2.36. The number of rotatable bonds is 1. The zero-order valence-electron chi connectivity index (χ0n) is 10.3. The van der Waals surface area contributed by atoms with Gasteiger partial charge in [0.25, 0.3) is 0 Å². The maximum absolute atomic E-state index is 5.83. The Kier molecular flexibility index (Phi) is 4.11. The summed E-state index contributed by atoms with van der Waals surface area (Å²) >= 11 is 3.60. The molecule has 0 aromatic heterocycles. The molecule has 0 atom stereocenters. The van der Waals surface area contributed by atoms with Crippen LogP contribution in [0, 0.1) is 0 Å². The third kappa shape index (κ3) is 2.83. The Hall–Kier alpha value is -0.960. The predicted molar refractivity (Wildman–Crippen MR) is 72.9 cm³/mol. The molecule has 0 bridgehead atoms. The molecule has 1 aliphatic heterocycles. The molecule has 1 aliphatic rings. The molecule has 17 heavy (non-hydrogen) atoms. The van der Waals surface area contributed by atoms with Crippen molar-refractivity contribution in [3.63, 3.8) is 0 Å². The molecule has 2 rings (SSSR count). The number of allylic oxidation sites excluding steroid dienone is 1. The second kappa shape index (κ2) is 5.58. The van der Waals surface area contributed by atoms with Crippen LogP contribution in [0.4, 0.5) is 0 Å². The Bertz CT molecular complexity index is 438. The first kappa shape index (κ1) is 12.5. The molecule has 0 spiro atoms. The fraction of sp³-hybridized carbons (Fsp3) is 0.429. The topological polar surface area (TPSA) is 18.5 Å². The van der Waals surface area contributed by atoms with Crippen LogP contribution in [0.1, 0.15) is 25.3 Å². The van der Waals surface area contributed by atoms with Gasteiger partial charge in [-0.2, -0.15) is 0 Å². The quantitative estimate of drug-likeness (QED) is 0.726. The van der Waals surface area contributed by atoms with Crippen LogP contribution in [0.25, 0.3) is 0 Å². The number of methoxy groups -OCH3 is 1. The standard InChI is InChI=1S/C14H17BrO2/c1-10-4-3-5-11-12(17-9-8-10)6-7-13(16-2)14(11)15/h4,6-7H,3,5,8-9H2,1-2H3. The highest BCUT2D eigenvalue weighted by molar-refractivity contribution is 9.10. The van der Waals surface area contributed by atoms with Gasteiger partial charge in [-0.15, -0.1) is 0 Å². The molecule has 0 unspecified atom stereocenters. The Morgan fingerprint density at radius 1 is 1.29 bits per heavy atom. The van der Waals surface area contributed by atoms with Crippen LogP contribution >= 0.6 is 15.9 Å². The number of benzene rings is 1. The van der Waals surface area contributed by atoms with Crippen molar-refractivity contribution in [2.45, 2.75) is 26.2 Å². The average Bonchev–Trinajstić information content (AvgIpc) is 2.40. The zero-order valence-corrected chi connectivity index (χ0v) is 11.8. The van der Waals surface area contributed by atoms with E-state index in [9.17, 15) is 0 Å². The SMILES string of the molecule is COc1ccc2c(c1Br)CCC=C(C)CCO2. The number of halogens is 1. The van der Waals surface area contributed by atoms with Crippen LogP contribution < -0.4 is 9.47 Å². The molecule has 0 radical (unpaired) electrons. The van der Waals surface area contributed by atoms with E-state index in [-0.39, 0.29) is 0 Å². The fourth-order valence-corrected chi connectivity index (χ4v) is 2.68. The Morgan fingerprint density at radius 3 is 2.88 bits per heavy atom. The summed E-state index contributed by atoms with van der Waals surface area (Å²) in [5.41, 5.74) is 2.61. The summed E-state index contributed by atoms with van der Waals surface area (Å²) < 4.78 is 12.2. The molecule has 92 valence electrons. The van der Waals surface area contributed by atoms with E-state index in [1.165, 1.54) is 11.1 Å². The lowest BCUT2D eigenvalue weighted by molar-refractivity contribution is 0.318. The van der Waals surface area contributed by atoms with Crippen molar-refractivity contribution in [3.8, 4) is 11.5 Å². The Labute approximate surface area is 111 Å². The summed E-state index contributed by atoms with van der Waals surface area (Å²) in [4.78, 5) is 0. The summed E-state index contributed by atoms with van der Waals surface area (Å²) in [6, 6.07) is 3.95. The Morgan fingerprint density at radius 2 is 2.12 bits per heavy atom. The van der Waals surface area contributed by atoms with Crippen LogP contribution in [0.2, 0.25) is 0 Å². The van der Waals surface area contributed by atoms with Gasteiger partial charge in [0.15, 0.2) is 0 Å². The van der Waals surface area contributed by atoms with Gasteiger partial charge in [-0.05, 0) is 47.8 Å². The van der Waals surface area contributed by atoms with Gasteiger partial charge in [-0.3, -0.25) is 0 Å². The van der Waals surface area contributed by atoms with Crippen molar-refractivity contribution in [2.75, 3.05) is 13.7 Å². The van der Waals surface area contributed by atoms with Gasteiger partial charge in [0, 0.05) is 12.0 Å². The van der Waals surface area contributed by atoms with Gasteiger partial charge in [-0.25, -0.2) is 0 Å². The minimum absolute atomic E-state index is 0.744. The molecule has 1 aromatic rings. The van der Waals surface area contributed by atoms with E-state index < -0.39 is 0 Å². The molecule has 0 fully saturated rings. The van der Waals surface area contributed by atoms with Gasteiger partial charge in [0.2, 0.25) is 0 Å². The smallest absolute Gasteiger partial charge is 0.133 e. The van der Waals surface area contributed by atoms with Gasteiger partial charge in [0.05, 0.1) is 18.2 Å². The number of fused-ring (bicyclic) bond motifs is 1. The Balaban J connectivity index is 2.35. The van der Waals surface area contributed by atoms with Gasteiger partial charge in [-0.1, -0.05) is 11.6 Å². The highest BCUT2D eigenvalue weighted by Gasteiger charge is 2.13. The number of hydrogen-bond acceptors (Lipinski definition) is 2. The summed E-state index contributed by atoms with van der Waals surface area (Å²) in [5, 5.41) is 0. The molecular weight excluding hydrogens is 280 g/mol. The van der Waals surface area contributed by atoms with E-state index in [1.54, 1.807) is 7.11 Å². The van der Waals surface area contributed by atoms with Crippen molar-refractivity contribution in [1.82, 2.24) is 0 Å². The second-order valence-corrected chi connectivity index (χ2v) is 5.04. The molecular formula is C14H17BrO2. The van der Waals surface area contributed by atoms with Crippen LogP contribution in [0.3, 0.4) is 0 Å². The van der Waals surface area contributed by atoms with E-state index in [1.807, 2.05) is 12.1 Å². The minimum atomic E-state index is 0.744. The second-order valence-electron chi connectivity index (χ2n) is 4.25. The third-order valence-corrected chi connectivity index (χ3v) is 3.90. The lowest BCUT2D eigenvalue weighted by Gasteiger charge is -2.14. The summed E-state index contributed by atoms with van der Waals surface area (Å²) in [6.45, 7) is 2.91. The first-order valence-electron chi connectivity index (χ1n) is 5.86. The van der Waals surface area contributed by atoms with Gasteiger partial charge < -0.3 is 9.47 Å². The van der Waals surface area contributed by atoms with E-state index in [4.69, 9.17) is 9.47 Å². The zero-order chi connectivity index (χ0) is 12.3. The largest absolute Gasteiger partial charge is 0.496 e. The van der Waals surface area contributed by atoms with Crippen molar-refractivity contribution in [3.05, 3.63) is 33.8 Å². The van der Waals surface area contributed by atoms with E-state index in [2.05, 4.69) is 28.9 Å². The highest BCUT2D eigenvalue weighted by atomic mass is 79.9. The lowest BCUT2D eigenvalue weighted by atomic mass is 10.1. The molecule has 0 amide bonds. The van der Waals surface area contributed by atoms with Crippen molar-refractivity contribution in [2.24, 2.45) is 0 Å². The summed E-state index contributed by atoms with van der Waals surface area (Å²) in [6.07, 6.45) is 5.33. The van der Waals surface area contributed by atoms with Crippen molar-refractivity contribution >= 4 is 15.9 Å². The maximum Gasteiger partial charge on any atom is 0.133 e. The first-order chi connectivity index (χ1) is 8.22. The fourth-order valence-electron chi connectivity index (χ4n) is 1.99. The maximum atomic E-state index is 5.83. The van der Waals surface area contributed by atoms with Crippen LogP contribution in [-0.2, 0) is 6.42 Å². The first-order valence-corrected chi connectivity index (χ1v) is 6.65. The predicted octanol–water partition coefficient (Wildman–Crippen LogP) is 4.12. The van der Waals surface area contributed by atoms with Crippen LogP contribution in [-0.4, -0.2) is 13.7 Å². The van der Waals surface area contributed by atoms with E-state index in [0.717, 1.165) is 41.8 Å². The summed E-state index contributed by atoms with van der Waals surface area (Å²) in [5.74, 6) is 1.84. The third-order valence-electron chi connectivity index (χ3n) is 3.03. The molecule has 0 saturated heterocycles. The molecule has 1 heterocycles. The summed E-state index contributed by atoms with van der Waals surface area (Å²) in [7, 11) is 1.69. The van der Waals surface area contributed by atoms with Gasteiger partial charge in [0.1, 0.15) is 11.5 Å². The molecule has 1 aromatic carbocycles. The van der Waals surface area contributed by atoms with Crippen molar-refractivity contribution < 1.29 is 9.47 Å². The molecule has 2 nitrogen and oxygen atoms in total. The monoisotopic (exact) mass is 296 g/mol. The van der Waals surface area contributed by atoms with E-state index >= 15 is 0 Å².